The zero-order valence-corrected chi connectivity index (χ0v) is 11.1. The first-order chi connectivity index (χ1) is 4.58. The van der Waals surface area contributed by atoms with Gasteiger partial charge in [-0.25, -0.2) is 0 Å². The van der Waals surface area contributed by atoms with Crippen LogP contribution < -0.4 is 0 Å². The quantitative estimate of drug-likeness (QED) is 0.653. The van der Waals surface area contributed by atoms with Crippen LogP contribution >= 0.6 is 0 Å². The van der Waals surface area contributed by atoms with E-state index in [2.05, 4.69) is 45.4 Å². The molecule has 0 unspecified atom stereocenters. The third-order valence-corrected chi connectivity index (χ3v) is 1.47. The van der Waals surface area contributed by atoms with Crippen LogP contribution in [0.25, 0.3) is 0 Å². The molecule has 0 heterocycles. The van der Waals surface area contributed by atoms with Crippen LogP contribution in [0.15, 0.2) is 23.8 Å². The SMILES string of the molecule is CC(C)(C)CC1=C[CH]C=C1.[Hf]. The summed E-state index contributed by atoms with van der Waals surface area (Å²) in [5.41, 5.74) is 1.88. The van der Waals surface area contributed by atoms with Crippen molar-refractivity contribution in [3.63, 3.8) is 0 Å². The Hall–Kier alpha value is 0.350. The van der Waals surface area contributed by atoms with Crippen LogP contribution in [0.1, 0.15) is 27.2 Å². The van der Waals surface area contributed by atoms with E-state index in [0.29, 0.717) is 5.41 Å². The number of hydrogen-bond donors (Lipinski definition) is 0. The van der Waals surface area contributed by atoms with Gasteiger partial charge in [0, 0.05) is 32.3 Å². The van der Waals surface area contributed by atoms with Crippen molar-refractivity contribution < 1.29 is 25.8 Å². The molecule has 0 amide bonds. The molecule has 59 valence electrons. The zero-order chi connectivity index (χ0) is 7.61. The van der Waals surface area contributed by atoms with E-state index in [0.717, 1.165) is 0 Å². The monoisotopic (exact) mass is 315 g/mol. The molecule has 1 rings (SSSR count). The average Bonchev–Trinajstić information content (AvgIpc) is 2.12. The maximum absolute atomic E-state index is 2.26. The second kappa shape index (κ2) is 4.39. The van der Waals surface area contributed by atoms with Crippen LogP contribution in [0.4, 0.5) is 0 Å². The Bertz CT molecular complexity index is 170. The van der Waals surface area contributed by atoms with Gasteiger partial charge in [-0.3, -0.25) is 0 Å². The molecule has 1 aliphatic rings. The molecular weight excluding hydrogens is 299 g/mol. The van der Waals surface area contributed by atoms with Gasteiger partial charge in [0.15, 0.2) is 0 Å². The fourth-order valence-electron chi connectivity index (χ4n) is 1.14. The molecule has 0 saturated carbocycles. The van der Waals surface area contributed by atoms with Crippen molar-refractivity contribution in [2.24, 2.45) is 5.41 Å². The van der Waals surface area contributed by atoms with Crippen LogP contribution in [0.2, 0.25) is 0 Å². The molecule has 0 N–H and O–H groups in total. The summed E-state index contributed by atoms with van der Waals surface area (Å²) in [5.74, 6) is 0. The van der Waals surface area contributed by atoms with Crippen molar-refractivity contribution in [2.75, 3.05) is 0 Å². The van der Waals surface area contributed by atoms with Gasteiger partial charge in [0.1, 0.15) is 0 Å². The molecule has 0 saturated heterocycles. The maximum Gasteiger partial charge on any atom is 0.00535 e. The molecule has 0 aliphatic heterocycles. The minimum Gasteiger partial charge on any atom is -0.0764 e. The minimum atomic E-state index is 0. The molecule has 1 heteroatoms. The number of hydrogen-bond acceptors (Lipinski definition) is 0. The first-order valence-corrected chi connectivity index (χ1v) is 3.78. The summed E-state index contributed by atoms with van der Waals surface area (Å²) < 4.78 is 0. The van der Waals surface area contributed by atoms with Crippen molar-refractivity contribution in [1.29, 1.82) is 0 Å². The summed E-state index contributed by atoms with van der Waals surface area (Å²) in [5, 5.41) is 0. The normalized spacial score (nSPS) is 16.1. The van der Waals surface area contributed by atoms with Gasteiger partial charge in [-0.15, -0.1) is 0 Å². The maximum atomic E-state index is 2.26. The molecular formula is C10H15Hf. The predicted octanol–water partition coefficient (Wildman–Crippen LogP) is 3.12. The van der Waals surface area contributed by atoms with Crippen LogP contribution in [0.5, 0.6) is 0 Å². The topological polar surface area (TPSA) is 0 Å². The van der Waals surface area contributed by atoms with Gasteiger partial charge in [0.2, 0.25) is 0 Å². The Labute approximate surface area is 88.5 Å². The van der Waals surface area contributed by atoms with Crippen LogP contribution in [-0.4, -0.2) is 0 Å². The molecule has 0 nitrogen and oxygen atoms in total. The second-order valence-corrected chi connectivity index (χ2v) is 4.03. The zero-order valence-electron chi connectivity index (χ0n) is 7.52. The summed E-state index contributed by atoms with van der Waals surface area (Å²) in [4.78, 5) is 0. The smallest absolute Gasteiger partial charge is 0.00535 e. The van der Waals surface area contributed by atoms with Gasteiger partial charge < -0.3 is 0 Å². The largest absolute Gasteiger partial charge is 0.0764 e. The third-order valence-electron chi connectivity index (χ3n) is 1.47. The van der Waals surface area contributed by atoms with Crippen LogP contribution in [-0.2, 0) is 25.8 Å². The number of rotatable bonds is 1. The van der Waals surface area contributed by atoms with Crippen molar-refractivity contribution >= 4 is 0 Å². The van der Waals surface area contributed by atoms with Crippen molar-refractivity contribution in [2.45, 2.75) is 27.2 Å². The Morgan fingerprint density at radius 2 is 1.91 bits per heavy atom. The molecule has 1 aliphatic carbocycles. The van der Waals surface area contributed by atoms with Gasteiger partial charge in [-0.1, -0.05) is 44.6 Å². The Kier molecular flexibility index (Phi) is 4.53. The van der Waals surface area contributed by atoms with E-state index in [4.69, 9.17) is 0 Å². The Balaban J connectivity index is 0.000001000. The van der Waals surface area contributed by atoms with E-state index >= 15 is 0 Å². The van der Waals surface area contributed by atoms with Gasteiger partial charge in [-0.05, 0) is 11.8 Å². The van der Waals surface area contributed by atoms with Gasteiger partial charge in [0.25, 0.3) is 0 Å². The Morgan fingerprint density at radius 3 is 2.27 bits per heavy atom. The molecule has 1 radical (unpaired) electrons. The van der Waals surface area contributed by atoms with Crippen molar-refractivity contribution in [3.05, 3.63) is 30.2 Å². The molecule has 0 bridgehead atoms. The summed E-state index contributed by atoms with van der Waals surface area (Å²) in [6, 6.07) is 0. The molecule has 0 spiro atoms. The fraction of sp³-hybridized carbons (Fsp3) is 0.500. The molecule has 0 aromatic rings. The standard InChI is InChI=1S/C10H15.Hf/c1-10(2,3)8-9-6-4-5-7-9;/h4-7H,8H2,1-3H3;. The second-order valence-electron chi connectivity index (χ2n) is 4.03. The number of allylic oxidation sites excluding steroid dienone is 4. The van der Waals surface area contributed by atoms with E-state index in [-0.39, 0.29) is 25.8 Å². The summed E-state index contributed by atoms with van der Waals surface area (Å²) in [7, 11) is 0. The summed E-state index contributed by atoms with van der Waals surface area (Å²) >= 11 is 0. The van der Waals surface area contributed by atoms with E-state index in [1.54, 1.807) is 0 Å². The van der Waals surface area contributed by atoms with E-state index in [1.807, 2.05) is 0 Å². The van der Waals surface area contributed by atoms with Crippen molar-refractivity contribution in [3.8, 4) is 0 Å². The summed E-state index contributed by atoms with van der Waals surface area (Å²) in [6.07, 6.45) is 9.75. The molecule has 11 heavy (non-hydrogen) atoms. The molecule has 0 atom stereocenters. The summed E-state index contributed by atoms with van der Waals surface area (Å²) in [6.45, 7) is 6.79. The first kappa shape index (κ1) is 11.4. The van der Waals surface area contributed by atoms with Gasteiger partial charge >= 0.3 is 0 Å². The Morgan fingerprint density at radius 1 is 1.27 bits per heavy atom. The van der Waals surface area contributed by atoms with Crippen LogP contribution in [0, 0.1) is 11.8 Å². The molecule has 0 aromatic carbocycles. The van der Waals surface area contributed by atoms with E-state index in [1.165, 1.54) is 12.0 Å². The predicted molar refractivity (Wildman–Crippen MR) is 45.6 cm³/mol. The first-order valence-electron chi connectivity index (χ1n) is 3.78. The van der Waals surface area contributed by atoms with E-state index in [9.17, 15) is 0 Å². The molecule has 0 aromatic heterocycles. The average molecular weight is 314 g/mol. The fourth-order valence-corrected chi connectivity index (χ4v) is 1.14. The van der Waals surface area contributed by atoms with E-state index < -0.39 is 0 Å². The minimum absolute atomic E-state index is 0. The molecule has 0 fully saturated rings. The van der Waals surface area contributed by atoms with Crippen molar-refractivity contribution in [1.82, 2.24) is 0 Å². The van der Waals surface area contributed by atoms with Gasteiger partial charge in [-0.2, -0.15) is 0 Å². The third kappa shape index (κ3) is 4.73. The van der Waals surface area contributed by atoms with Crippen LogP contribution in [0.3, 0.4) is 0 Å². The van der Waals surface area contributed by atoms with Gasteiger partial charge in [0.05, 0.1) is 0 Å².